The largest absolute Gasteiger partial charge is 0.416 e. The van der Waals surface area contributed by atoms with Gasteiger partial charge in [0.2, 0.25) is 5.91 Å². The topological polar surface area (TPSA) is 32.3 Å². The van der Waals surface area contributed by atoms with E-state index in [4.69, 9.17) is 0 Å². The van der Waals surface area contributed by atoms with Crippen molar-refractivity contribution in [1.29, 1.82) is 0 Å². The number of carbonyl (C=O) groups is 1. The molecular formula is C22H26ClF3N2O. The summed E-state index contributed by atoms with van der Waals surface area (Å²) >= 11 is 0. The highest BCUT2D eigenvalue weighted by Crippen LogP contribution is 2.32. The zero-order valence-corrected chi connectivity index (χ0v) is 17.3. The molecule has 1 fully saturated rings. The Labute approximate surface area is 175 Å². The number of carbonyl (C=O) groups excluding carboxylic acids is 1. The summed E-state index contributed by atoms with van der Waals surface area (Å²) in [7, 11) is 1.67. The average Bonchev–Trinajstić information content (AvgIpc) is 2.67. The van der Waals surface area contributed by atoms with Crippen LogP contribution in [0.5, 0.6) is 0 Å². The fraction of sp³-hybridized carbons (Fsp3) is 0.409. The molecule has 0 bridgehead atoms. The molecule has 0 aliphatic carbocycles. The minimum atomic E-state index is -4.39. The Kier molecular flexibility index (Phi) is 7.72. The number of aryl methyl sites for hydroxylation is 1. The molecule has 0 aromatic heterocycles. The summed E-state index contributed by atoms with van der Waals surface area (Å²) < 4.78 is 39.3. The number of hydrogen-bond donors (Lipinski definition) is 1. The second-order valence-corrected chi connectivity index (χ2v) is 7.52. The molecule has 1 N–H and O–H groups in total. The monoisotopic (exact) mass is 426 g/mol. The number of nitrogens with one attached hydrogen (secondary N) is 1. The van der Waals surface area contributed by atoms with E-state index in [9.17, 15) is 18.0 Å². The van der Waals surface area contributed by atoms with E-state index in [2.05, 4.69) is 5.32 Å². The minimum Gasteiger partial charge on any atom is -0.341 e. The van der Waals surface area contributed by atoms with Crippen LogP contribution < -0.4 is 5.32 Å². The van der Waals surface area contributed by atoms with Crippen LogP contribution >= 0.6 is 12.4 Å². The van der Waals surface area contributed by atoms with Crippen molar-refractivity contribution in [3.63, 3.8) is 0 Å². The van der Waals surface area contributed by atoms with Crippen LogP contribution in [0.4, 0.5) is 13.2 Å². The van der Waals surface area contributed by atoms with Crippen molar-refractivity contribution in [2.45, 2.75) is 32.0 Å². The maximum absolute atomic E-state index is 13.1. The number of piperidine rings is 1. The van der Waals surface area contributed by atoms with E-state index in [0.29, 0.717) is 17.5 Å². The van der Waals surface area contributed by atoms with Crippen LogP contribution in [-0.2, 0) is 17.5 Å². The fourth-order valence-electron chi connectivity index (χ4n) is 3.96. The third-order valence-electron chi connectivity index (χ3n) is 5.29. The summed E-state index contributed by atoms with van der Waals surface area (Å²) in [4.78, 5) is 14.7. The lowest BCUT2D eigenvalue weighted by Crippen LogP contribution is -2.43. The van der Waals surface area contributed by atoms with Crippen molar-refractivity contribution in [3.05, 3.63) is 70.8 Å². The molecule has 1 aliphatic heterocycles. The van der Waals surface area contributed by atoms with E-state index < -0.39 is 11.7 Å². The van der Waals surface area contributed by atoms with Crippen LogP contribution in [0.3, 0.4) is 0 Å². The molecule has 2 aromatic carbocycles. The fourth-order valence-corrected chi connectivity index (χ4v) is 3.96. The van der Waals surface area contributed by atoms with Gasteiger partial charge in [0.15, 0.2) is 0 Å². The molecular weight excluding hydrogens is 401 g/mol. The number of halogens is 4. The van der Waals surface area contributed by atoms with E-state index in [0.717, 1.165) is 30.8 Å². The summed E-state index contributed by atoms with van der Waals surface area (Å²) in [6.45, 7) is 3.28. The first-order valence-corrected chi connectivity index (χ1v) is 9.44. The summed E-state index contributed by atoms with van der Waals surface area (Å²) in [5.41, 5.74) is 1.46. The lowest BCUT2D eigenvalue weighted by molar-refractivity contribution is -0.137. The van der Waals surface area contributed by atoms with Gasteiger partial charge in [0.05, 0.1) is 5.56 Å². The second kappa shape index (κ2) is 9.63. The standard InChI is InChI=1S/C22H25F3N2O.ClH/c1-15-10-16(12-18(11-15)22(23,24)25)14-27(2)21(28)19-8-9-26-13-20(19)17-6-4-3-5-7-17;/h3-7,10-12,19-20,26H,8-9,13-14H2,1-2H3;1H/t19-,20-;/m0./s1. The van der Waals surface area contributed by atoms with Crippen molar-refractivity contribution in [3.8, 4) is 0 Å². The molecule has 1 amide bonds. The maximum atomic E-state index is 13.1. The Morgan fingerprint density at radius 2 is 1.86 bits per heavy atom. The number of rotatable bonds is 4. The Hall–Kier alpha value is -2.05. The highest BCUT2D eigenvalue weighted by molar-refractivity contribution is 5.85. The highest BCUT2D eigenvalue weighted by Gasteiger charge is 2.34. The lowest BCUT2D eigenvalue weighted by Gasteiger charge is -2.34. The Bertz CT molecular complexity index is 827. The zero-order chi connectivity index (χ0) is 20.3. The van der Waals surface area contributed by atoms with Crippen LogP contribution in [0.15, 0.2) is 48.5 Å². The second-order valence-electron chi connectivity index (χ2n) is 7.52. The molecule has 1 aliphatic rings. The molecule has 2 atom stereocenters. The molecule has 2 aromatic rings. The van der Waals surface area contributed by atoms with Crippen LogP contribution in [0.1, 0.15) is 34.6 Å². The molecule has 158 valence electrons. The predicted octanol–water partition coefficient (Wildman–Crippen LogP) is 4.79. The smallest absolute Gasteiger partial charge is 0.341 e. The van der Waals surface area contributed by atoms with Crippen LogP contribution in [0, 0.1) is 12.8 Å². The van der Waals surface area contributed by atoms with Gasteiger partial charge in [0.1, 0.15) is 0 Å². The first kappa shape index (κ1) is 23.2. The minimum absolute atomic E-state index is 0. The molecule has 3 nitrogen and oxygen atoms in total. The molecule has 0 spiro atoms. The van der Waals surface area contributed by atoms with E-state index in [-0.39, 0.29) is 36.7 Å². The van der Waals surface area contributed by atoms with E-state index >= 15 is 0 Å². The summed E-state index contributed by atoms with van der Waals surface area (Å²) in [6.07, 6.45) is -3.68. The molecule has 0 unspecified atom stereocenters. The van der Waals surface area contributed by atoms with Gasteiger partial charge >= 0.3 is 6.18 Å². The quantitative estimate of drug-likeness (QED) is 0.762. The summed E-state index contributed by atoms with van der Waals surface area (Å²) in [6, 6.07) is 13.9. The Balaban J connectivity index is 0.00000300. The molecule has 7 heteroatoms. The third kappa shape index (κ3) is 5.73. The van der Waals surface area contributed by atoms with Crippen molar-refractivity contribution in [2.24, 2.45) is 5.92 Å². The molecule has 0 saturated carbocycles. The Morgan fingerprint density at radius 3 is 2.52 bits per heavy atom. The van der Waals surface area contributed by atoms with E-state index in [1.165, 1.54) is 0 Å². The van der Waals surface area contributed by atoms with Crippen LogP contribution in [-0.4, -0.2) is 30.9 Å². The maximum Gasteiger partial charge on any atom is 0.416 e. The molecule has 29 heavy (non-hydrogen) atoms. The van der Waals surface area contributed by atoms with E-state index in [1.807, 2.05) is 30.3 Å². The van der Waals surface area contributed by atoms with Gasteiger partial charge in [-0.05, 0) is 43.1 Å². The summed E-state index contributed by atoms with van der Waals surface area (Å²) in [5.74, 6) is -0.140. The number of amides is 1. The van der Waals surface area contributed by atoms with Gasteiger partial charge in [-0.1, -0.05) is 42.0 Å². The third-order valence-corrected chi connectivity index (χ3v) is 5.29. The van der Waals surface area contributed by atoms with Gasteiger partial charge in [-0.2, -0.15) is 13.2 Å². The molecule has 1 saturated heterocycles. The van der Waals surface area contributed by atoms with Crippen molar-refractivity contribution >= 4 is 18.3 Å². The number of alkyl halides is 3. The van der Waals surface area contributed by atoms with Gasteiger partial charge in [-0.3, -0.25) is 4.79 Å². The normalized spacial score (nSPS) is 19.3. The lowest BCUT2D eigenvalue weighted by atomic mass is 9.80. The van der Waals surface area contributed by atoms with Gasteiger partial charge in [-0.15, -0.1) is 12.4 Å². The van der Waals surface area contributed by atoms with Gasteiger partial charge in [0, 0.05) is 32.0 Å². The summed E-state index contributed by atoms with van der Waals surface area (Å²) in [5, 5.41) is 3.34. The molecule has 1 heterocycles. The van der Waals surface area contributed by atoms with Gasteiger partial charge in [-0.25, -0.2) is 0 Å². The van der Waals surface area contributed by atoms with Crippen molar-refractivity contribution in [2.75, 3.05) is 20.1 Å². The van der Waals surface area contributed by atoms with E-state index in [1.54, 1.807) is 24.9 Å². The molecule has 3 rings (SSSR count). The Morgan fingerprint density at radius 1 is 1.17 bits per heavy atom. The average molecular weight is 427 g/mol. The van der Waals surface area contributed by atoms with Gasteiger partial charge < -0.3 is 10.2 Å². The van der Waals surface area contributed by atoms with Crippen LogP contribution in [0.25, 0.3) is 0 Å². The number of benzene rings is 2. The van der Waals surface area contributed by atoms with Crippen LogP contribution in [0.2, 0.25) is 0 Å². The van der Waals surface area contributed by atoms with Crippen molar-refractivity contribution < 1.29 is 18.0 Å². The number of hydrogen-bond acceptors (Lipinski definition) is 2. The van der Waals surface area contributed by atoms with Crippen molar-refractivity contribution in [1.82, 2.24) is 10.2 Å². The SMILES string of the molecule is Cc1cc(CN(C)C(=O)[C@H]2CCNC[C@H]2c2ccccc2)cc(C(F)(F)F)c1.Cl. The zero-order valence-electron chi connectivity index (χ0n) is 16.5. The predicted molar refractivity (Wildman–Crippen MR) is 110 cm³/mol. The highest BCUT2D eigenvalue weighted by atomic mass is 35.5. The molecule has 0 radical (unpaired) electrons. The number of nitrogens with zero attached hydrogens (tertiary/aromatic N) is 1. The first-order valence-electron chi connectivity index (χ1n) is 9.44. The first-order chi connectivity index (χ1) is 13.3. The van der Waals surface area contributed by atoms with Gasteiger partial charge in [0.25, 0.3) is 0 Å².